The van der Waals surface area contributed by atoms with Crippen LogP contribution < -0.4 is 10.6 Å². The predicted octanol–water partition coefficient (Wildman–Crippen LogP) is 3.95. The van der Waals surface area contributed by atoms with Crippen LogP contribution in [-0.2, 0) is 11.2 Å². The lowest BCUT2D eigenvalue weighted by atomic mass is 10.0. The lowest BCUT2D eigenvalue weighted by Crippen LogP contribution is -2.35. The second-order valence-corrected chi connectivity index (χ2v) is 7.33. The number of amides is 1. The van der Waals surface area contributed by atoms with E-state index in [1.807, 2.05) is 18.2 Å². The number of pyridine rings is 1. The van der Waals surface area contributed by atoms with Gasteiger partial charge in [-0.05, 0) is 44.4 Å². The SMILES string of the molecule is CCc1cccc(-c2cnc(C(=O)O)c(NCCNC(=O)OC(C)(C)C)c2)c1. The first kappa shape index (κ1) is 21.2. The van der Waals surface area contributed by atoms with Gasteiger partial charge in [0.1, 0.15) is 5.60 Å². The number of carboxylic acids is 1. The minimum atomic E-state index is -1.11. The molecule has 28 heavy (non-hydrogen) atoms. The first-order valence-electron chi connectivity index (χ1n) is 9.23. The molecule has 0 atom stereocenters. The molecule has 0 radical (unpaired) electrons. The summed E-state index contributed by atoms with van der Waals surface area (Å²) in [6, 6.07) is 9.80. The fourth-order valence-corrected chi connectivity index (χ4v) is 2.57. The van der Waals surface area contributed by atoms with Crippen molar-refractivity contribution >= 4 is 17.7 Å². The van der Waals surface area contributed by atoms with Crippen molar-refractivity contribution in [3.05, 3.63) is 47.8 Å². The lowest BCUT2D eigenvalue weighted by molar-refractivity contribution is 0.0529. The number of aromatic nitrogens is 1. The molecule has 150 valence electrons. The highest BCUT2D eigenvalue weighted by molar-refractivity contribution is 5.93. The molecule has 0 fully saturated rings. The summed E-state index contributed by atoms with van der Waals surface area (Å²) in [5, 5.41) is 15.1. The molecule has 0 saturated heterocycles. The van der Waals surface area contributed by atoms with Gasteiger partial charge in [-0.15, -0.1) is 0 Å². The molecule has 2 aromatic rings. The molecule has 2 rings (SSSR count). The highest BCUT2D eigenvalue weighted by atomic mass is 16.6. The van der Waals surface area contributed by atoms with Crippen molar-refractivity contribution in [1.29, 1.82) is 0 Å². The molecule has 3 N–H and O–H groups in total. The van der Waals surface area contributed by atoms with E-state index in [1.165, 1.54) is 5.56 Å². The summed E-state index contributed by atoms with van der Waals surface area (Å²) >= 11 is 0. The summed E-state index contributed by atoms with van der Waals surface area (Å²) in [6.45, 7) is 8.05. The van der Waals surface area contributed by atoms with Crippen LogP contribution in [0.1, 0.15) is 43.7 Å². The van der Waals surface area contributed by atoms with Crippen molar-refractivity contribution in [2.24, 2.45) is 0 Å². The number of nitrogens with one attached hydrogen (secondary N) is 2. The number of carboxylic acid groups (broad SMARTS) is 1. The number of carbonyl (C=O) groups excluding carboxylic acids is 1. The molecular weight excluding hydrogens is 358 g/mol. The minimum Gasteiger partial charge on any atom is -0.476 e. The average Bonchev–Trinajstić information content (AvgIpc) is 2.63. The van der Waals surface area contributed by atoms with Gasteiger partial charge in [0.05, 0.1) is 5.69 Å². The van der Waals surface area contributed by atoms with Crippen LogP contribution in [0.5, 0.6) is 0 Å². The van der Waals surface area contributed by atoms with Crippen molar-refractivity contribution in [3.63, 3.8) is 0 Å². The second-order valence-electron chi connectivity index (χ2n) is 7.33. The molecule has 0 unspecified atom stereocenters. The van der Waals surface area contributed by atoms with Crippen LogP contribution in [0.4, 0.5) is 10.5 Å². The third-order valence-electron chi connectivity index (χ3n) is 3.87. The summed E-state index contributed by atoms with van der Waals surface area (Å²) in [5.74, 6) is -1.11. The monoisotopic (exact) mass is 385 g/mol. The average molecular weight is 385 g/mol. The van der Waals surface area contributed by atoms with E-state index in [0.717, 1.165) is 17.5 Å². The second kappa shape index (κ2) is 9.21. The van der Waals surface area contributed by atoms with Crippen molar-refractivity contribution in [2.45, 2.75) is 39.7 Å². The number of benzene rings is 1. The first-order valence-corrected chi connectivity index (χ1v) is 9.23. The summed E-state index contributed by atoms with van der Waals surface area (Å²) in [4.78, 5) is 27.3. The number of rotatable bonds is 7. The van der Waals surface area contributed by atoms with E-state index in [9.17, 15) is 14.7 Å². The lowest BCUT2D eigenvalue weighted by Gasteiger charge is -2.19. The number of anilines is 1. The van der Waals surface area contributed by atoms with E-state index in [1.54, 1.807) is 33.0 Å². The fraction of sp³-hybridized carbons (Fsp3) is 0.381. The molecule has 0 aliphatic heterocycles. The van der Waals surface area contributed by atoms with Crippen LogP contribution in [-0.4, -0.2) is 40.8 Å². The Kier molecular flexibility index (Phi) is 6.98. The zero-order chi connectivity index (χ0) is 20.7. The summed E-state index contributed by atoms with van der Waals surface area (Å²) < 4.78 is 5.17. The maximum atomic E-state index is 11.7. The van der Waals surface area contributed by atoms with Gasteiger partial charge in [0.25, 0.3) is 0 Å². The summed E-state index contributed by atoms with van der Waals surface area (Å²) in [6.07, 6.45) is 1.95. The van der Waals surface area contributed by atoms with E-state index in [2.05, 4.69) is 28.6 Å². The van der Waals surface area contributed by atoms with Gasteiger partial charge < -0.3 is 20.5 Å². The van der Waals surface area contributed by atoms with Crippen LogP contribution >= 0.6 is 0 Å². The number of hydrogen-bond donors (Lipinski definition) is 3. The molecule has 0 saturated carbocycles. The molecular formula is C21H27N3O4. The molecule has 7 nitrogen and oxygen atoms in total. The Bertz CT molecular complexity index is 844. The Morgan fingerprint density at radius 2 is 1.89 bits per heavy atom. The van der Waals surface area contributed by atoms with E-state index >= 15 is 0 Å². The van der Waals surface area contributed by atoms with Crippen LogP contribution in [0.2, 0.25) is 0 Å². The van der Waals surface area contributed by atoms with E-state index in [0.29, 0.717) is 12.2 Å². The zero-order valence-corrected chi connectivity index (χ0v) is 16.7. The summed E-state index contributed by atoms with van der Waals surface area (Å²) in [5.41, 5.74) is 2.75. The third-order valence-corrected chi connectivity index (χ3v) is 3.87. The van der Waals surface area contributed by atoms with Crippen LogP contribution in [0.25, 0.3) is 11.1 Å². The summed E-state index contributed by atoms with van der Waals surface area (Å²) in [7, 11) is 0. The Balaban J connectivity index is 2.09. The van der Waals surface area contributed by atoms with Gasteiger partial charge in [-0.2, -0.15) is 0 Å². The Hall–Kier alpha value is -3.09. The van der Waals surface area contributed by atoms with Gasteiger partial charge in [-0.1, -0.05) is 31.2 Å². The molecule has 0 spiro atoms. The number of alkyl carbamates (subject to hydrolysis) is 1. The van der Waals surface area contributed by atoms with Crippen LogP contribution in [0.3, 0.4) is 0 Å². The number of hydrogen-bond acceptors (Lipinski definition) is 5. The minimum absolute atomic E-state index is 0.0623. The van der Waals surface area contributed by atoms with Crippen molar-refractivity contribution in [3.8, 4) is 11.1 Å². The predicted molar refractivity (Wildman–Crippen MR) is 109 cm³/mol. The van der Waals surface area contributed by atoms with Crippen molar-refractivity contribution < 1.29 is 19.4 Å². The molecule has 1 aromatic carbocycles. The number of aryl methyl sites for hydroxylation is 1. The van der Waals surface area contributed by atoms with Gasteiger partial charge >= 0.3 is 12.1 Å². The maximum Gasteiger partial charge on any atom is 0.407 e. The van der Waals surface area contributed by atoms with Crippen molar-refractivity contribution in [1.82, 2.24) is 10.3 Å². The fourth-order valence-electron chi connectivity index (χ4n) is 2.57. The highest BCUT2D eigenvalue weighted by Gasteiger charge is 2.16. The van der Waals surface area contributed by atoms with Gasteiger partial charge in [-0.25, -0.2) is 14.6 Å². The van der Waals surface area contributed by atoms with E-state index < -0.39 is 17.7 Å². The quantitative estimate of drug-likeness (QED) is 0.624. The number of carbonyl (C=O) groups is 2. The van der Waals surface area contributed by atoms with Gasteiger partial charge in [0.2, 0.25) is 0 Å². The number of ether oxygens (including phenoxy) is 1. The molecule has 0 aliphatic carbocycles. The van der Waals surface area contributed by atoms with Gasteiger partial charge in [0, 0.05) is 24.8 Å². The topological polar surface area (TPSA) is 101 Å². The number of aromatic carboxylic acids is 1. The van der Waals surface area contributed by atoms with Gasteiger partial charge in [-0.3, -0.25) is 0 Å². The van der Waals surface area contributed by atoms with Crippen LogP contribution in [0.15, 0.2) is 36.5 Å². The zero-order valence-electron chi connectivity index (χ0n) is 16.7. The Morgan fingerprint density at radius 1 is 1.14 bits per heavy atom. The van der Waals surface area contributed by atoms with Crippen LogP contribution in [0, 0.1) is 0 Å². The molecule has 1 amide bonds. The molecule has 1 aromatic heterocycles. The normalized spacial score (nSPS) is 11.0. The molecule has 0 bridgehead atoms. The van der Waals surface area contributed by atoms with Crippen molar-refractivity contribution in [2.75, 3.05) is 18.4 Å². The van der Waals surface area contributed by atoms with Gasteiger partial charge in [0.15, 0.2) is 5.69 Å². The smallest absolute Gasteiger partial charge is 0.407 e. The molecule has 0 aliphatic rings. The van der Waals surface area contributed by atoms with E-state index in [4.69, 9.17) is 4.74 Å². The maximum absolute atomic E-state index is 11.7. The third kappa shape index (κ3) is 6.26. The number of nitrogens with zero attached hydrogens (tertiary/aromatic N) is 1. The Morgan fingerprint density at radius 3 is 2.54 bits per heavy atom. The highest BCUT2D eigenvalue weighted by Crippen LogP contribution is 2.25. The first-order chi connectivity index (χ1) is 13.2. The Labute approximate surface area is 165 Å². The molecule has 1 heterocycles. The molecule has 7 heteroatoms. The standard InChI is InChI=1S/C21H27N3O4/c1-5-14-7-6-8-15(11-14)16-12-17(18(19(25)26)24-13-16)22-9-10-23-20(27)28-21(2,3)4/h6-8,11-13,22H,5,9-10H2,1-4H3,(H,23,27)(H,25,26). The largest absolute Gasteiger partial charge is 0.476 e. The van der Waals surface area contributed by atoms with E-state index in [-0.39, 0.29) is 12.2 Å².